The molecule has 0 bridgehead atoms. The lowest BCUT2D eigenvalue weighted by Crippen LogP contribution is -2.33. The molecular weight excluding hydrogens is 434 g/mol. The first-order valence-corrected chi connectivity index (χ1v) is 10.4. The van der Waals surface area contributed by atoms with Crippen LogP contribution in [0.2, 0.25) is 0 Å². The molecule has 8 heteroatoms. The largest absolute Gasteiger partial charge is 0.493 e. The number of carbonyl (C=O) groups is 2. The van der Waals surface area contributed by atoms with Crippen LogP contribution in [-0.4, -0.2) is 31.7 Å². The molecular formula is C26H25N3O5. The molecule has 1 aromatic heterocycles. The van der Waals surface area contributed by atoms with Gasteiger partial charge in [0.1, 0.15) is 11.5 Å². The number of hydrogen-bond acceptors (Lipinski definition) is 6. The number of nitrogens with zero attached hydrogens (tertiary/aromatic N) is 1. The van der Waals surface area contributed by atoms with Gasteiger partial charge in [-0.05, 0) is 67.1 Å². The van der Waals surface area contributed by atoms with E-state index in [0.29, 0.717) is 34.1 Å². The highest BCUT2D eigenvalue weighted by Crippen LogP contribution is 2.28. The second-order valence-corrected chi connectivity index (χ2v) is 7.04. The maximum atomic E-state index is 12.9. The van der Waals surface area contributed by atoms with E-state index in [1.54, 1.807) is 86.0 Å². The minimum Gasteiger partial charge on any atom is -0.493 e. The molecule has 0 saturated carbocycles. The Morgan fingerprint density at radius 2 is 1.74 bits per heavy atom. The van der Waals surface area contributed by atoms with E-state index in [9.17, 15) is 9.59 Å². The zero-order valence-electron chi connectivity index (χ0n) is 19.1. The Bertz CT molecular complexity index is 1210. The van der Waals surface area contributed by atoms with Gasteiger partial charge in [-0.3, -0.25) is 9.59 Å². The fourth-order valence-electron chi connectivity index (χ4n) is 2.88. The van der Waals surface area contributed by atoms with Crippen LogP contribution in [0.25, 0.3) is 12.2 Å². The maximum Gasteiger partial charge on any atom is 0.287 e. The van der Waals surface area contributed by atoms with Gasteiger partial charge in [-0.1, -0.05) is 24.3 Å². The topological polar surface area (TPSA) is 102 Å². The van der Waals surface area contributed by atoms with Crippen molar-refractivity contribution < 1.29 is 23.5 Å². The predicted molar refractivity (Wildman–Crippen MR) is 130 cm³/mol. The summed E-state index contributed by atoms with van der Waals surface area (Å²) in [6, 6.07) is 17.3. The van der Waals surface area contributed by atoms with E-state index >= 15 is 0 Å². The van der Waals surface area contributed by atoms with Crippen molar-refractivity contribution in [3.05, 3.63) is 95.6 Å². The summed E-state index contributed by atoms with van der Waals surface area (Å²) in [6.07, 6.45) is 6.51. The summed E-state index contributed by atoms with van der Waals surface area (Å²) in [5.41, 5.74) is 4.04. The summed E-state index contributed by atoms with van der Waals surface area (Å²) < 4.78 is 15.8. The van der Waals surface area contributed by atoms with E-state index in [0.717, 1.165) is 0 Å². The number of amides is 2. The molecule has 0 aliphatic heterocycles. The lowest BCUT2D eigenvalue weighted by molar-refractivity contribution is -0.117. The fraction of sp³-hybridized carbons (Fsp3) is 0.115. The Labute approximate surface area is 197 Å². The number of benzene rings is 2. The average molecular weight is 460 g/mol. The van der Waals surface area contributed by atoms with Gasteiger partial charge in [-0.2, -0.15) is 5.10 Å². The third-order valence-electron chi connectivity index (χ3n) is 4.61. The van der Waals surface area contributed by atoms with Crippen LogP contribution in [0.1, 0.15) is 28.6 Å². The molecule has 174 valence electrons. The summed E-state index contributed by atoms with van der Waals surface area (Å²) >= 11 is 0. The van der Waals surface area contributed by atoms with Crippen molar-refractivity contribution >= 4 is 29.7 Å². The first-order valence-electron chi connectivity index (χ1n) is 10.4. The molecule has 0 aliphatic rings. The van der Waals surface area contributed by atoms with Crippen LogP contribution in [0.5, 0.6) is 11.5 Å². The Morgan fingerprint density at radius 3 is 2.41 bits per heavy atom. The molecule has 34 heavy (non-hydrogen) atoms. The first-order chi connectivity index (χ1) is 16.5. The van der Waals surface area contributed by atoms with Gasteiger partial charge >= 0.3 is 0 Å². The maximum absolute atomic E-state index is 12.9. The number of hydrogen-bond donors (Lipinski definition) is 2. The van der Waals surface area contributed by atoms with Gasteiger partial charge in [-0.15, -0.1) is 0 Å². The quantitative estimate of drug-likeness (QED) is 0.283. The number of furan rings is 1. The summed E-state index contributed by atoms with van der Waals surface area (Å²) in [6.45, 7) is 1.72. The number of allylic oxidation sites excluding steroid dienone is 1. The van der Waals surface area contributed by atoms with Crippen molar-refractivity contribution in [2.75, 3.05) is 14.2 Å². The Hall–Kier alpha value is -4.59. The van der Waals surface area contributed by atoms with Crippen molar-refractivity contribution in [3.8, 4) is 11.5 Å². The van der Waals surface area contributed by atoms with Gasteiger partial charge in [0.2, 0.25) is 0 Å². The minimum absolute atomic E-state index is 0.00707. The van der Waals surface area contributed by atoms with Crippen LogP contribution in [0, 0.1) is 0 Å². The van der Waals surface area contributed by atoms with E-state index in [-0.39, 0.29) is 5.70 Å². The van der Waals surface area contributed by atoms with Crippen LogP contribution < -0.4 is 20.2 Å². The monoisotopic (exact) mass is 459 g/mol. The molecule has 2 aromatic carbocycles. The Kier molecular flexibility index (Phi) is 8.40. The SMILES string of the molecule is COc1ccc(C=C(NC(=O)c2ccccc2)C(=O)NN=C(C)C=Cc2ccco2)cc1OC. The van der Waals surface area contributed by atoms with E-state index in [1.165, 1.54) is 20.3 Å². The highest BCUT2D eigenvalue weighted by Gasteiger charge is 2.15. The third kappa shape index (κ3) is 6.70. The number of methoxy groups -OCH3 is 2. The molecule has 2 amide bonds. The molecule has 0 fully saturated rings. The summed E-state index contributed by atoms with van der Waals surface area (Å²) in [5.74, 6) is 0.667. The summed E-state index contributed by atoms with van der Waals surface area (Å²) in [5, 5.41) is 6.74. The third-order valence-corrected chi connectivity index (χ3v) is 4.61. The van der Waals surface area contributed by atoms with Crippen molar-refractivity contribution in [3.63, 3.8) is 0 Å². The molecule has 0 radical (unpaired) electrons. The molecule has 0 saturated heterocycles. The first kappa shape index (κ1) is 24.1. The van der Waals surface area contributed by atoms with Gasteiger partial charge in [0.25, 0.3) is 11.8 Å². The Balaban J connectivity index is 1.84. The van der Waals surface area contributed by atoms with Gasteiger partial charge in [0, 0.05) is 5.56 Å². The second kappa shape index (κ2) is 11.9. The lowest BCUT2D eigenvalue weighted by Gasteiger charge is -2.11. The number of hydrazone groups is 1. The smallest absolute Gasteiger partial charge is 0.287 e. The van der Waals surface area contributed by atoms with E-state index in [2.05, 4.69) is 15.8 Å². The number of rotatable bonds is 9. The van der Waals surface area contributed by atoms with Gasteiger partial charge in [0.05, 0.1) is 26.2 Å². The molecule has 0 spiro atoms. The highest BCUT2D eigenvalue weighted by atomic mass is 16.5. The van der Waals surface area contributed by atoms with E-state index < -0.39 is 11.8 Å². The number of ether oxygens (including phenoxy) is 2. The van der Waals surface area contributed by atoms with Gasteiger partial charge in [0.15, 0.2) is 11.5 Å². The van der Waals surface area contributed by atoms with Crippen LogP contribution in [0.4, 0.5) is 0 Å². The average Bonchev–Trinajstić information content (AvgIpc) is 3.39. The summed E-state index contributed by atoms with van der Waals surface area (Å²) in [7, 11) is 3.05. The van der Waals surface area contributed by atoms with E-state index in [1.807, 2.05) is 0 Å². The highest BCUT2D eigenvalue weighted by molar-refractivity contribution is 6.06. The number of carbonyl (C=O) groups excluding carboxylic acids is 2. The van der Waals surface area contributed by atoms with Crippen molar-refractivity contribution in [1.29, 1.82) is 0 Å². The minimum atomic E-state index is -0.593. The van der Waals surface area contributed by atoms with Gasteiger partial charge < -0.3 is 19.2 Å². The fourth-order valence-corrected chi connectivity index (χ4v) is 2.88. The normalized spacial score (nSPS) is 11.9. The lowest BCUT2D eigenvalue weighted by atomic mass is 10.1. The van der Waals surface area contributed by atoms with Crippen LogP contribution in [0.3, 0.4) is 0 Å². The molecule has 0 aliphatic carbocycles. The predicted octanol–water partition coefficient (Wildman–Crippen LogP) is 4.27. The molecule has 3 rings (SSSR count). The molecule has 0 unspecified atom stereocenters. The second-order valence-electron chi connectivity index (χ2n) is 7.04. The molecule has 1 heterocycles. The molecule has 8 nitrogen and oxygen atoms in total. The molecule has 0 atom stereocenters. The zero-order valence-corrected chi connectivity index (χ0v) is 19.1. The zero-order chi connectivity index (χ0) is 24.3. The van der Waals surface area contributed by atoms with Crippen molar-refractivity contribution in [1.82, 2.24) is 10.7 Å². The van der Waals surface area contributed by atoms with Crippen LogP contribution >= 0.6 is 0 Å². The van der Waals surface area contributed by atoms with Gasteiger partial charge in [-0.25, -0.2) is 5.43 Å². The Morgan fingerprint density at radius 1 is 0.971 bits per heavy atom. The molecule has 2 N–H and O–H groups in total. The van der Waals surface area contributed by atoms with Crippen LogP contribution in [0.15, 0.2) is 88.2 Å². The van der Waals surface area contributed by atoms with Crippen LogP contribution in [-0.2, 0) is 4.79 Å². The summed E-state index contributed by atoms with van der Waals surface area (Å²) in [4.78, 5) is 25.6. The van der Waals surface area contributed by atoms with E-state index in [4.69, 9.17) is 13.9 Å². The number of nitrogens with one attached hydrogen (secondary N) is 2. The van der Waals surface area contributed by atoms with Crippen molar-refractivity contribution in [2.24, 2.45) is 5.10 Å². The van der Waals surface area contributed by atoms with Crippen molar-refractivity contribution in [2.45, 2.75) is 6.92 Å². The standard InChI is InChI=1S/C26H25N3O5/c1-18(11-13-21-10-7-15-34-21)28-29-26(31)22(27-25(30)20-8-5-4-6-9-20)16-19-12-14-23(32-2)24(17-19)33-3/h4-17H,1-3H3,(H,27,30)(H,29,31). The molecule has 3 aromatic rings.